The van der Waals surface area contributed by atoms with E-state index < -0.39 is 5.97 Å². The lowest BCUT2D eigenvalue weighted by molar-refractivity contribution is -0.143. The van der Waals surface area contributed by atoms with Crippen molar-refractivity contribution in [2.45, 2.75) is 44.6 Å². The van der Waals surface area contributed by atoms with Crippen molar-refractivity contribution in [2.24, 2.45) is 0 Å². The van der Waals surface area contributed by atoms with Crippen LogP contribution in [0.25, 0.3) is 0 Å². The molecule has 84 valence electrons. The second kappa shape index (κ2) is 6.47. The molecule has 0 amide bonds. The summed E-state index contributed by atoms with van der Waals surface area (Å²) in [6.07, 6.45) is 10.9. The highest BCUT2D eigenvalue weighted by molar-refractivity contribution is 5.73. The van der Waals surface area contributed by atoms with Gasteiger partial charge in [0.15, 0.2) is 0 Å². The van der Waals surface area contributed by atoms with Gasteiger partial charge in [-0.15, -0.1) is 12.3 Å². The largest absolute Gasteiger partial charge is 0.480 e. The molecule has 0 aromatic rings. The quantitative estimate of drug-likeness (QED) is 0.566. The van der Waals surface area contributed by atoms with E-state index >= 15 is 0 Å². The van der Waals surface area contributed by atoms with E-state index in [1.54, 1.807) is 0 Å². The van der Waals surface area contributed by atoms with Gasteiger partial charge in [0.1, 0.15) is 6.04 Å². The fourth-order valence-corrected chi connectivity index (χ4v) is 2.10. The van der Waals surface area contributed by atoms with Crippen LogP contribution in [0.3, 0.4) is 0 Å². The SMILES string of the molecule is C#CCCCN1CCCCCC1C(=O)O. The van der Waals surface area contributed by atoms with E-state index in [4.69, 9.17) is 11.5 Å². The first-order valence-corrected chi connectivity index (χ1v) is 5.66. The average Bonchev–Trinajstić information content (AvgIpc) is 2.43. The van der Waals surface area contributed by atoms with Gasteiger partial charge in [-0.2, -0.15) is 0 Å². The molecule has 0 bridgehead atoms. The van der Waals surface area contributed by atoms with E-state index in [0.717, 1.165) is 51.6 Å². The molecule has 3 heteroatoms. The topological polar surface area (TPSA) is 40.5 Å². The van der Waals surface area contributed by atoms with Crippen LogP contribution in [-0.2, 0) is 4.79 Å². The lowest BCUT2D eigenvalue weighted by Gasteiger charge is -2.26. The van der Waals surface area contributed by atoms with E-state index in [1.807, 2.05) is 0 Å². The van der Waals surface area contributed by atoms with Gasteiger partial charge in [0, 0.05) is 6.42 Å². The van der Waals surface area contributed by atoms with Crippen molar-refractivity contribution < 1.29 is 9.90 Å². The van der Waals surface area contributed by atoms with E-state index in [2.05, 4.69) is 10.8 Å². The lowest BCUT2D eigenvalue weighted by Crippen LogP contribution is -2.41. The van der Waals surface area contributed by atoms with Gasteiger partial charge in [-0.3, -0.25) is 9.69 Å². The van der Waals surface area contributed by atoms with Crippen molar-refractivity contribution in [2.75, 3.05) is 13.1 Å². The number of likely N-dealkylation sites (tertiary alicyclic amines) is 1. The Morgan fingerprint density at radius 1 is 1.47 bits per heavy atom. The number of aliphatic carboxylic acids is 1. The Morgan fingerprint density at radius 3 is 2.93 bits per heavy atom. The molecule has 1 heterocycles. The average molecular weight is 209 g/mol. The summed E-state index contributed by atoms with van der Waals surface area (Å²) in [7, 11) is 0. The molecule has 15 heavy (non-hydrogen) atoms. The summed E-state index contributed by atoms with van der Waals surface area (Å²) in [5.41, 5.74) is 0. The number of unbranched alkanes of at least 4 members (excludes halogenated alkanes) is 1. The standard InChI is InChI=1S/C12H19NO2/c1-2-3-6-9-13-10-7-4-5-8-11(13)12(14)15/h1,11H,3-10H2,(H,14,15). The number of rotatable bonds is 4. The number of carbonyl (C=O) groups is 1. The summed E-state index contributed by atoms with van der Waals surface area (Å²) < 4.78 is 0. The first-order chi connectivity index (χ1) is 7.25. The van der Waals surface area contributed by atoms with Crippen LogP contribution in [0.1, 0.15) is 38.5 Å². The molecule has 1 saturated heterocycles. The third-order valence-electron chi connectivity index (χ3n) is 2.92. The first-order valence-electron chi connectivity index (χ1n) is 5.66. The third kappa shape index (κ3) is 3.93. The molecule has 0 aliphatic carbocycles. The molecule has 1 aliphatic heterocycles. The van der Waals surface area contributed by atoms with Crippen molar-refractivity contribution in [3.8, 4) is 12.3 Å². The molecule has 0 saturated carbocycles. The molecule has 1 unspecified atom stereocenters. The Labute approximate surface area is 91.5 Å². The molecule has 0 aromatic carbocycles. The zero-order valence-electron chi connectivity index (χ0n) is 9.11. The highest BCUT2D eigenvalue weighted by Gasteiger charge is 2.26. The van der Waals surface area contributed by atoms with Crippen molar-refractivity contribution in [3.05, 3.63) is 0 Å². The lowest BCUT2D eigenvalue weighted by atomic mass is 10.1. The molecule has 0 radical (unpaired) electrons. The number of carboxylic acids is 1. The van der Waals surface area contributed by atoms with Crippen molar-refractivity contribution in [1.29, 1.82) is 0 Å². The molecule has 0 spiro atoms. The number of nitrogens with zero attached hydrogens (tertiary/aromatic N) is 1. The van der Waals surface area contributed by atoms with E-state index in [0.29, 0.717) is 0 Å². The summed E-state index contributed by atoms with van der Waals surface area (Å²) in [5.74, 6) is 1.91. The minimum Gasteiger partial charge on any atom is -0.480 e. The highest BCUT2D eigenvalue weighted by atomic mass is 16.4. The molecule has 1 fully saturated rings. The fraction of sp³-hybridized carbons (Fsp3) is 0.750. The second-order valence-electron chi connectivity index (χ2n) is 4.05. The van der Waals surface area contributed by atoms with Crippen LogP contribution in [0, 0.1) is 12.3 Å². The summed E-state index contributed by atoms with van der Waals surface area (Å²) >= 11 is 0. The van der Waals surface area contributed by atoms with Gasteiger partial charge in [-0.05, 0) is 32.4 Å². The van der Waals surface area contributed by atoms with Gasteiger partial charge in [-0.25, -0.2) is 0 Å². The van der Waals surface area contributed by atoms with Gasteiger partial charge in [-0.1, -0.05) is 12.8 Å². The molecule has 1 aliphatic rings. The van der Waals surface area contributed by atoms with Crippen LogP contribution in [0.15, 0.2) is 0 Å². The van der Waals surface area contributed by atoms with E-state index in [1.165, 1.54) is 0 Å². The van der Waals surface area contributed by atoms with Gasteiger partial charge in [0.2, 0.25) is 0 Å². The fourth-order valence-electron chi connectivity index (χ4n) is 2.10. The maximum atomic E-state index is 11.1. The number of hydrogen-bond acceptors (Lipinski definition) is 2. The van der Waals surface area contributed by atoms with Crippen molar-refractivity contribution in [1.82, 2.24) is 4.90 Å². The second-order valence-corrected chi connectivity index (χ2v) is 4.05. The molecule has 1 N–H and O–H groups in total. The predicted octanol–water partition coefficient (Wildman–Crippen LogP) is 1.73. The molecule has 3 nitrogen and oxygen atoms in total. The smallest absolute Gasteiger partial charge is 0.320 e. The van der Waals surface area contributed by atoms with Gasteiger partial charge < -0.3 is 5.11 Å². The third-order valence-corrected chi connectivity index (χ3v) is 2.92. The van der Waals surface area contributed by atoms with Crippen molar-refractivity contribution >= 4 is 5.97 Å². The zero-order valence-corrected chi connectivity index (χ0v) is 9.11. The van der Waals surface area contributed by atoms with Crippen LogP contribution in [0.5, 0.6) is 0 Å². The molecule has 1 atom stereocenters. The molecule has 1 rings (SSSR count). The normalized spacial score (nSPS) is 23.0. The summed E-state index contributed by atoms with van der Waals surface area (Å²) in [6, 6.07) is -0.287. The van der Waals surface area contributed by atoms with E-state index in [-0.39, 0.29) is 6.04 Å². The predicted molar refractivity (Wildman–Crippen MR) is 59.5 cm³/mol. The van der Waals surface area contributed by atoms with E-state index in [9.17, 15) is 4.79 Å². The Hall–Kier alpha value is -1.01. The van der Waals surface area contributed by atoms with Crippen LogP contribution in [-0.4, -0.2) is 35.1 Å². The maximum absolute atomic E-state index is 11.1. The number of hydrogen-bond donors (Lipinski definition) is 1. The van der Waals surface area contributed by atoms with Crippen LogP contribution in [0.2, 0.25) is 0 Å². The highest BCUT2D eigenvalue weighted by Crippen LogP contribution is 2.17. The van der Waals surface area contributed by atoms with Gasteiger partial charge in [0.25, 0.3) is 0 Å². The Morgan fingerprint density at radius 2 is 2.27 bits per heavy atom. The minimum absolute atomic E-state index is 0.287. The Kier molecular flexibility index (Phi) is 5.20. The Balaban J connectivity index is 2.47. The monoisotopic (exact) mass is 209 g/mol. The first kappa shape index (κ1) is 12.1. The summed E-state index contributed by atoms with van der Waals surface area (Å²) in [4.78, 5) is 13.1. The van der Waals surface area contributed by atoms with Gasteiger partial charge in [0.05, 0.1) is 0 Å². The van der Waals surface area contributed by atoms with Crippen molar-refractivity contribution in [3.63, 3.8) is 0 Å². The van der Waals surface area contributed by atoms with Crippen LogP contribution in [0.4, 0.5) is 0 Å². The maximum Gasteiger partial charge on any atom is 0.320 e. The zero-order chi connectivity index (χ0) is 11.1. The Bertz CT molecular complexity index is 244. The van der Waals surface area contributed by atoms with Crippen LogP contribution >= 0.6 is 0 Å². The molecule has 0 aromatic heterocycles. The summed E-state index contributed by atoms with van der Waals surface area (Å²) in [5, 5.41) is 9.11. The van der Waals surface area contributed by atoms with Gasteiger partial charge >= 0.3 is 5.97 Å². The summed E-state index contributed by atoms with van der Waals surface area (Å²) in [6.45, 7) is 1.72. The number of carboxylic acid groups (broad SMARTS) is 1. The molecular formula is C12H19NO2. The minimum atomic E-state index is -0.683. The number of terminal acetylenes is 1. The molecular weight excluding hydrogens is 190 g/mol. The van der Waals surface area contributed by atoms with Crippen LogP contribution < -0.4 is 0 Å².